The van der Waals surface area contributed by atoms with Crippen LogP contribution in [0, 0.1) is 6.92 Å². The Bertz CT molecular complexity index is 1140. The number of aliphatic imine (C=N–C) groups is 1. The Morgan fingerprint density at radius 2 is 1.97 bits per heavy atom. The van der Waals surface area contributed by atoms with E-state index in [1.54, 1.807) is 0 Å². The lowest BCUT2D eigenvalue weighted by Crippen LogP contribution is -2.36. The number of thiophene rings is 1. The topological polar surface area (TPSA) is 61.4 Å². The standard InChI is InChI=1S/C24H26N4OS/c1-16-5-7-17(8-6-16)22-10-9-18(30-22)14-28-13-11-20-19(15-28)24(29)27-23(26-20)21-4-2-3-12-25-21/h5-10H,2-4,11-15H2,1H3,(H,26,27,29). The number of aryl methyl sites for hydroxylation is 1. The van der Waals surface area contributed by atoms with Gasteiger partial charge < -0.3 is 4.98 Å². The van der Waals surface area contributed by atoms with Gasteiger partial charge in [0.2, 0.25) is 0 Å². The minimum absolute atomic E-state index is 0.000465. The quantitative estimate of drug-likeness (QED) is 0.686. The molecule has 2 aromatic heterocycles. The fourth-order valence-electron chi connectivity index (χ4n) is 4.20. The van der Waals surface area contributed by atoms with Crippen molar-refractivity contribution in [1.29, 1.82) is 0 Å². The Hall–Kier alpha value is -2.57. The lowest BCUT2D eigenvalue weighted by atomic mass is 10.1. The van der Waals surface area contributed by atoms with Crippen LogP contribution in [0.5, 0.6) is 0 Å². The second-order valence-corrected chi connectivity index (χ2v) is 9.39. The van der Waals surface area contributed by atoms with Gasteiger partial charge in [-0.15, -0.1) is 11.3 Å². The van der Waals surface area contributed by atoms with Crippen LogP contribution in [0.4, 0.5) is 0 Å². The third kappa shape index (κ3) is 4.02. The van der Waals surface area contributed by atoms with Crippen LogP contribution in [-0.2, 0) is 19.5 Å². The van der Waals surface area contributed by atoms with Gasteiger partial charge in [-0.25, -0.2) is 4.98 Å². The van der Waals surface area contributed by atoms with Gasteiger partial charge in [-0.05, 0) is 43.9 Å². The Kier molecular flexibility index (Phi) is 5.35. The van der Waals surface area contributed by atoms with E-state index >= 15 is 0 Å². The van der Waals surface area contributed by atoms with E-state index in [2.05, 4.69) is 58.2 Å². The van der Waals surface area contributed by atoms with E-state index in [1.165, 1.54) is 20.9 Å². The smallest absolute Gasteiger partial charge is 0.255 e. The number of fused-ring (bicyclic) bond motifs is 1. The van der Waals surface area contributed by atoms with Crippen LogP contribution in [0.2, 0.25) is 0 Å². The summed E-state index contributed by atoms with van der Waals surface area (Å²) in [4.78, 5) is 30.1. The number of hydrogen-bond acceptors (Lipinski definition) is 5. The van der Waals surface area contributed by atoms with Gasteiger partial charge in [-0.2, -0.15) is 0 Å². The lowest BCUT2D eigenvalue weighted by Gasteiger charge is -2.27. The molecule has 0 saturated heterocycles. The Morgan fingerprint density at radius 3 is 2.77 bits per heavy atom. The zero-order valence-electron chi connectivity index (χ0n) is 17.3. The van der Waals surface area contributed by atoms with Crippen LogP contribution < -0.4 is 5.56 Å². The summed E-state index contributed by atoms with van der Waals surface area (Å²) >= 11 is 1.83. The third-order valence-electron chi connectivity index (χ3n) is 5.92. The average molecular weight is 419 g/mol. The number of H-pyrrole nitrogens is 1. The molecule has 3 aromatic rings. The number of benzene rings is 1. The zero-order chi connectivity index (χ0) is 20.5. The molecule has 0 unspecified atom stereocenters. The third-order valence-corrected chi connectivity index (χ3v) is 7.04. The van der Waals surface area contributed by atoms with Crippen molar-refractivity contribution in [3.63, 3.8) is 0 Å². The van der Waals surface area contributed by atoms with Crippen molar-refractivity contribution in [1.82, 2.24) is 14.9 Å². The summed E-state index contributed by atoms with van der Waals surface area (Å²) < 4.78 is 0. The van der Waals surface area contributed by atoms with Crippen LogP contribution in [0.25, 0.3) is 10.4 Å². The van der Waals surface area contributed by atoms with Crippen LogP contribution in [0.3, 0.4) is 0 Å². The van der Waals surface area contributed by atoms with Crippen molar-refractivity contribution >= 4 is 17.0 Å². The molecule has 0 radical (unpaired) electrons. The Labute approximate surface area is 180 Å². The molecule has 1 N–H and O–H groups in total. The predicted molar refractivity (Wildman–Crippen MR) is 122 cm³/mol. The number of aromatic nitrogens is 2. The second kappa shape index (κ2) is 8.28. The van der Waals surface area contributed by atoms with E-state index in [4.69, 9.17) is 4.98 Å². The molecule has 1 aromatic carbocycles. The van der Waals surface area contributed by atoms with Crippen LogP contribution in [-0.4, -0.2) is 33.7 Å². The molecule has 0 saturated carbocycles. The molecule has 5 rings (SSSR count). The molecule has 0 atom stereocenters. The zero-order valence-corrected chi connectivity index (χ0v) is 18.1. The van der Waals surface area contributed by atoms with E-state index in [-0.39, 0.29) is 5.56 Å². The SMILES string of the molecule is Cc1ccc(-c2ccc(CN3CCc4nc(C5=NCCCC5)[nH]c(=O)c4C3)s2)cc1. The summed E-state index contributed by atoms with van der Waals surface area (Å²) in [7, 11) is 0. The number of aromatic amines is 1. The molecule has 0 spiro atoms. The highest BCUT2D eigenvalue weighted by Crippen LogP contribution is 2.30. The van der Waals surface area contributed by atoms with Crippen molar-refractivity contribution in [2.75, 3.05) is 13.1 Å². The Balaban J connectivity index is 1.31. The van der Waals surface area contributed by atoms with Crippen LogP contribution in [0.15, 0.2) is 46.2 Å². The molecular formula is C24H26N4OS. The summed E-state index contributed by atoms with van der Waals surface area (Å²) in [5, 5.41) is 0. The molecule has 30 heavy (non-hydrogen) atoms. The van der Waals surface area contributed by atoms with Gasteiger partial charge in [0.05, 0.1) is 17.0 Å². The largest absolute Gasteiger partial charge is 0.305 e. The summed E-state index contributed by atoms with van der Waals surface area (Å²) in [6.45, 7) is 5.40. The van der Waals surface area contributed by atoms with Crippen molar-refractivity contribution < 1.29 is 0 Å². The molecule has 2 aliphatic heterocycles. The minimum atomic E-state index is -0.000465. The average Bonchev–Trinajstić information content (AvgIpc) is 3.23. The first-order valence-electron chi connectivity index (χ1n) is 10.7. The molecule has 4 heterocycles. The highest BCUT2D eigenvalue weighted by Gasteiger charge is 2.23. The van der Waals surface area contributed by atoms with Gasteiger partial charge in [0.1, 0.15) is 0 Å². The molecule has 0 amide bonds. The maximum absolute atomic E-state index is 12.8. The Morgan fingerprint density at radius 1 is 1.10 bits per heavy atom. The fourth-order valence-corrected chi connectivity index (χ4v) is 5.26. The van der Waals surface area contributed by atoms with Crippen LogP contribution >= 0.6 is 11.3 Å². The minimum Gasteiger partial charge on any atom is -0.305 e. The summed E-state index contributed by atoms with van der Waals surface area (Å²) in [6.07, 6.45) is 3.98. The first-order chi connectivity index (χ1) is 14.7. The van der Waals surface area contributed by atoms with Gasteiger partial charge in [0.15, 0.2) is 5.82 Å². The monoisotopic (exact) mass is 418 g/mol. The molecule has 154 valence electrons. The van der Waals surface area contributed by atoms with E-state index in [0.717, 1.165) is 62.3 Å². The van der Waals surface area contributed by atoms with Gasteiger partial charge in [0, 0.05) is 42.4 Å². The maximum atomic E-state index is 12.8. The molecule has 2 aliphatic rings. The molecule has 0 fully saturated rings. The van der Waals surface area contributed by atoms with E-state index < -0.39 is 0 Å². The molecule has 5 nitrogen and oxygen atoms in total. The van der Waals surface area contributed by atoms with Gasteiger partial charge in [0.25, 0.3) is 5.56 Å². The number of hydrogen-bond donors (Lipinski definition) is 1. The fraction of sp³-hybridized carbons (Fsp3) is 0.375. The van der Waals surface area contributed by atoms with E-state index in [9.17, 15) is 4.79 Å². The summed E-state index contributed by atoms with van der Waals surface area (Å²) in [5.41, 5.74) is 5.27. The first-order valence-corrected chi connectivity index (χ1v) is 11.5. The van der Waals surface area contributed by atoms with Crippen molar-refractivity contribution in [2.45, 2.75) is 45.7 Å². The molecule has 0 aliphatic carbocycles. The van der Waals surface area contributed by atoms with Gasteiger partial charge in [-0.1, -0.05) is 29.8 Å². The van der Waals surface area contributed by atoms with Gasteiger partial charge in [-0.3, -0.25) is 14.7 Å². The maximum Gasteiger partial charge on any atom is 0.255 e. The van der Waals surface area contributed by atoms with E-state index in [1.807, 2.05) is 11.3 Å². The van der Waals surface area contributed by atoms with Crippen molar-refractivity contribution in [2.24, 2.45) is 4.99 Å². The first kappa shape index (κ1) is 19.4. The lowest BCUT2D eigenvalue weighted by molar-refractivity contribution is 0.244. The molecule has 6 heteroatoms. The normalized spacial score (nSPS) is 16.9. The highest BCUT2D eigenvalue weighted by molar-refractivity contribution is 7.15. The predicted octanol–water partition coefficient (Wildman–Crippen LogP) is 4.34. The van der Waals surface area contributed by atoms with Gasteiger partial charge >= 0.3 is 0 Å². The second-order valence-electron chi connectivity index (χ2n) is 8.22. The van der Waals surface area contributed by atoms with Crippen LogP contribution in [0.1, 0.15) is 46.8 Å². The summed E-state index contributed by atoms with van der Waals surface area (Å²) in [5.74, 6) is 0.688. The number of nitrogens with zero attached hydrogens (tertiary/aromatic N) is 3. The van der Waals surface area contributed by atoms with E-state index in [0.29, 0.717) is 12.4 Å². The number of rotatable bonds is 4. The number of nitrogens with one attached hydrogen (secondary N) is 1. The highest BCUT2D eigenvalue weighted by atomic mass is 32.1. The van der Waals surface area contributed by atoms with Crippen molar-refractivity contribution in [3.05, 3.63) is 74.3 Å². The summed E-state index contributed by atoms with van der Waals surface area (Å²) in [6, 6.07) is 13.1. The molecular weight excluding hydrogens is 392 g/mol. The molecule has 0 bridgehead atoms. The van der Waals surface area contributed by atoms with Crippen molar-refractivity contribution in [3.8, 4) is 10.4 Å².